The Hall–Kier alpha value is -1.37. The Morgan fingerprint density at radius 1 is 1.35 bits per heavy atom. The first-order valence-electron chi connectivity index (χ1n) is 9.67. The second-order valence-corrected chi connectivity index (χ2v) is 14.0. The summed E-state index contributed by atoms with van der Waals surface area (Å²) in [5.41, 5.74) is 8.56. The van der Waals surface area contributed by atoms with Crippen molar-refractivity contribution in [2.45, 2.75) is 70.2 Å². The molecular formula is C20H33N3O2Si. The molecule has 5 nitrogen and oxygen atoms in total. The second-order valence-electron chi connectivity index (χ2n) is 9.23. The van der Waals surface area contributed by atoms with Gasteiger partial charge in [-0.1, -0.05) is 26.8 Å². The van der Waals surface area contributed by atoms with Crippen molar-refractivity contribution in [3.63, 3.8) is 0 Å². The molecule has 0 radical (unpaired) electrons. The molecule has 2 heterocycles. The molecule has 0 spiro atoms. The molecule has 1 fully saturated rings. The number of rotatable bonds is 4. The van der Waals surface area contributed by atoms with E-state index in [0.717, 1.165) is 38.1 Å². The topological polar surface area (TPSA) is 67.6 Å². The lowest BCUT2D eigenvalue weighted by atomic mass is 9.97. The third-order valence-corrected chi connectivity index (χ3v) is 10.9. The number of hydrogen-bond donors (Lipinski definition) is 2. The van der Waals surface area contributed by atoms with Gasteiger partial charge in [-0.3, -0.25) is 9.69 Å². The normalized spacial score (nSPS) is 24.4. The largest absolute Gasteiger partial charge is 0.415 e. The van der Waals surface area contributed by atoms with E-state index in [2.05, 4.69) is 44.1 Å². The lowest BCUT2D eigenvalue weighted by Crippen LogP contribution is -2.52. The average molecular weight is 376 g/mol. The summed E-state index contributed by atoms with van der Waals surface area (Å²) in [4.78, 5) is 15.1. The molecule has 6 heteroatoms. The zero-order chi connectivity index (χ0) is 19.1. The van der Waals surface area contributed by atoms with E-state index in [1.807, 2.05) is 18.2 Å². The summed E-state index contributed by atoms with van der Waals surface area (Å²) >= 11 is 0. The van der Waals surface area contributed by atoms with Crippen LogP contribution in [-0.4, -0.2) is 44.4 Å². The Bertz CT molecular complexity index is 684. The molecule has 0 saturated carbocycles. The van der Waals surface area contributed by atoms with E-state index in [1.165, 1.54) is 5.56 Å². The summed E-state index contributed by atoms with van der Waals surface area (Å²) < 4.78 is 6.47. The van der Waals surface area contributed by atoms with Gasteiger partial charge in [0.15, 0.2) is 8.32 Å². The Labute approximate surface area is 158 Å². The molecule has 2 aliphatic rings. The average Bonchev–Trinajstić information content (AvgIpc) is 2.99. The number of carbonyl (C=O) groups excluding carboxylic acids is 1. The molecule has 1 amide bonds. The van der Waals surface area contributed by atoms with Crippen LogP contribution in [0, 0.1) is 0 Å². The van der Waals surface area contributed by atoms with Gasteiger partial charge in [0.1, 0.15) is 0 Å². The van der Waals surface area contributed by atoms with Crippen molar-refractivity contribution in [2.75, 3.05) is 24.2 Å². The number of amides is 1. The summed E-state index contributed by atoms with van der Waals surface area (Å²) in [6.45, 7) is 13.1. The lowest BCUT2D eigenvalue weighted by molar-refractivity contribution is -0.122. The Kier molecular flexibility index (Phi) is 5.21. The first-order valence-corrected chi connectivity index (χ1v) is 12.6. The second kappa shape index (κ2) is 6.98. The molecule has 0 aliphatic carbocycles. The molecule has 26 heavy (non-hydrogen) atoms. The molecule has 3 rings (SSSR count). The van der Waals surface area contributed by atoms with Crippen LogP contribution < -0.4 is 11.1 Å². The van der Waals surface area contributed by atoms with E-state index in [9.17, 15) is 4.79 Å². The smallest absolute Gasteiger partial charge is 0.242 e. The molecule has 0 bridgehead atoms. The molecule has 1 unspecified atom stereocenters. The van der Waals surface area contributed by atoms with Crippen LogP contribution in [0.2, 0.25) is 18.1 Å². The SMILES string of the molecule is CC(C)(C)[Si](C)(C)OC[C@@H]1CCCN1C1Cc2ccc(N)cc2NC1=O. The number of fused-ring (bicyclic) bond motifs is 1. The highest BCUT2D eigenvalue weighted by Gasteiger charge is 2.41. The molecule has 2 aliphatic heterocycles. The van der Waals surface area contributed by atoms with E-state index in [1.54, 1.807) is 0 Å². The Balaban J connectivity index is 1.70. The first-order chi connectivity index (χ1) is 12.1. The summed E-state index contributed by atoms with van der Waals surface area (Å²) in [6.07, 6.45) is 2.98. The third kappa shape index (κ3) is 3.82. The van der Waals surface area contributed by atoms with E-state index >= 15 is 0 Å². The van der Waals surface area contributed by atoms with Gasteiger partial charge >= 0.3 is 0 Å². The maximum atomic E-state index is 12.7. The molecule has 1 aromatic carbocycles. The van der Waals surface area contributed by atoms with E-state index in [-0.39, 0.29) is 17.0 Å². The van der Waals surface area contributed by atoms with Crippen LogP contribution in [0.15, 0.2) is 18.2 Å². The van der Waals surface area contributed by atoms with Gasteiger partial charge in [-0.05, 0) is 61.6 Å². The summed E-state index contributed by atoms with van der Waals surface area (Å²) in [6, 6.07) is 6.02. The fourth-order valence-electron chi connectivity index (χ4n) is 3.64. The van der Waals surface area contributed by atoms with Gasteiger partial charge in [0.2, 0.25) is 5.91 Å². The lowest BCUT2D eigenvalue weighted by Gasteiger charge is -2.40. The van der Waals surface area contributed by atoms with Crippen LogP contribution in [-0.2, 0) is 15.6 Å². The van der Waals surface area contributed by atoms with Gasteiger partial charge in [0.05, 0.1) is 6.04 Å². The van der Waals surface area contributed by atoms with Crippen LogP contribution in [0.25, 0.3) is 0 Å². The number of likely N-dealkylation sites (tertiary alicyclic amines) is 1. The molecule has 1 aromatic rings. The van der Waals surface area contributed by atoms with Crippen LogP contribution >= 0.6 is 0 Å². The van der Waals surface area contributed by atoms with Crippen LogP contribution in [0.5, 0.6) is 0 Å². The summed E-state index contributed by atoms with van der Waals surface area (Å²) in [5.74, 6) is 0.0855. The van der Waals surface area contributed by atoms with Crippen molar-refractivity contribution in [1.29, 1.82) is 0 Å². The first kappa shape index (κ1) is 19.4. The minimum Gasteiger partial charge on any atom is -0.415 e. The molecule has 0 aromatic heterocycles. The van der Waals surface area contributed by atoms with E-state index in [4.69, 9.17) is 10.2 Å². The minimum absolute atomic E-state index is 0.0855. The maximum absolute atomic E-state index is 12.7. The molecule has 144 valence electrons. The quantitative estimate of drug-likeness (QED) is 0.623. The van der Waals surface area contributed by atoms with Crippen molar-refractivity contribution in [1.82, 2.24) is 4.90 Å². The van der Waals surface area contributed by atoms with Gasteiger partial charge in [-0.2, -0.15) is 0 Å². The van der Waals surface area contributed by atoms with Crippen molar-refractivity contribution in [3.8, 4) is 0 Å². The number of nitrogens with two attached hydrogens (primary N) is 1. The number of nitrogens with one attached hydrogen (secondary N) is 1. The zero-order valence-electron chi connectivity index (χ0n) is 16.8. The zero-order valence-corrected chi connectivity index (χ0v) is 17.8. The van der Waals surface area contributed by atoms with Crippen LogP contribution in [0.3, 0.4) is 0 Å². The number of hydrogen-bond acceptors (Lipinski definition) is 4. The minimum atomic E-state index is -1.77. The fraction of sp³-hybridized carbons (Fsp3) is 0.650. The molecule has 1 saturated heterocycles. The van der Waals surface area contributed by atoms with Crippen molar-refractivity contribution in [2.24, 2.45) is 0 Å². The summed E-state index contributed by atoms with van der Waals surface area (Å²) in [7, 11) is -1.77. The van der Waals surface area contributed by atoms with E-state index < -0.39 is 8.32 Å². The fourth-order valence-corrected chi connectivity index (χ4v) is 4.68. The maximum Gasteiger partial charge on any atom is 0.242 e. The number of nitrogens with zero attached hydrogens (tertiary/aromatic N) is 1. The standard InChI is InChI=1S/C20H33N3O2Si/c1-20(2,3)26(4,5)25-13-16-7-6-10-23(16)18-11-14-8-9-15(21)12-17(14)22-19(18)24/h8-9,12,16,18H,6-7,10-11,13,21H2,1-5H3,(H,22,24)/t16-,18?/m0/s1. The Morgan fingerprint density at radius 3 is 2.77 bits per heavy atom. The van der Waals surface area contributed by atoms with Gasteiger partial charge in [0.25, 0.3) is 0 Å². The van der Waals surface area contributed by atoms with Crippen LogP contribution in [0.4, 0.5) is 11.4 Å². The predicted octanol–water partition coefficient (Wildman–Crippen LogP) is 3.62. The number of carbonyl (C=O) groups is 1. The summed E-state index contributed by atoms with van der Waals surface area (Å²) in [5, 5.41) is 3.26. The highest BCUT2D eigenvalue weighted by molar-refractivity contribution is 6.74. The van der Waals surface area contributed by atoms with Crippen LogP contribution in [0.1, 0.15) is 39.2 Å². The van der Waals surface area contributed by atoms with Crippen molar-refractivity contribution >= 4 is 25.6 Å². The third-order valence-electron chi connectivity index (χ3n) is 6.37. The molecular weight excluding hydrogens is 342 g/mol. The number of benzene rings is 1. The highest BCUT2D eigenvalue weighted by Crippen LogP contribution is 2.37. The van der Waals surface area contributed by atoms with Crippen molar-refractivity contribution in [3.05, 3.63) is 23.8 Å². The van der Waals surface area contributed by atoms with Gasteiger partial charge in [0, 0.05) is 24.0 Å². The van der Waals surface area contributed by atoms with Gasteiger partial charge in [-0.15, -0.1) is 0 Å². The number of nitrogen functional groups attached to an aromatic ring is 1. The Morgan fingerprint density at radius 2 is 2.08 bits per heavy atom. The highest BCUT2D eigenvalue weighted by atomic mass is 28.4. The van der Waals surface area contributed by atoms with Gasteiger partial charge < -0.3 is 15.5 Å². The molecule has 2 atom stereocenters. The predicted molar refractivity (Wildman–Crippen MR) is 110 cm³/mol. The molecule has 3 N–H and O–H groups in total. The van der Waals surface area contributed by atoms with E-state index in [0.29, 0.717) is 11.7 Å². The number of anilines is 2. The monoisotopic (exact) mass is 375 g/mol. The van der Waals surface area contributed by atoms with Gasteiger partial charge in [-0.25, -0.2) is 0 Å². The van der Waals surface area contributed by atoms with Crippen molar-refractivity contribution < 1.29 is 9.22 Å².